The Bertz CT molecular complexity index is 1110. The van der Waals surface area contributed by atoms with E-state index in [-0.39, 0.29) is 43.4 Å². The number of hydrogen-bond acceptors (Lipinski definition) is 5. The lowest BCUT2D eigenvalue weighted by Crippen LogP contribution is -2.56. The molecule has 0 spiro atoms. The number of urea groups is 1. The molecule has 0 bridgehead atoms. The summed E-state index contributed by atoms with van der Waals surface area (Å²) >= 11 is 0. The molecular weight excluding hydrogens is 438 g/mol. The van der Waals surface area contributed by atoms with Gasteiger partial charge in [0.2, 0.25) is 5.91 Å². The van der Waals surface area contributed by atoms with Crippen molar-refractivity contribution in [1.82, 2.24) is 20.0 Å². The second kappa shape index (κ2) is 8.30. The molecule has 1 aromatic heterocycles. The molecule has 9 nitrogen and oxygen atoms in total. The number of rotatable bonds is 4. The van der Waals surface area contributed by atoms with E-state index in [0.29, 0.717) is 0 Å². The van der Waals surface area contributed by atoms with Crippen molar-refractivity contribution in [2.45, 2.75) is 25.4 Å². The minimum absolute atomic E-state index is 0.200. The topological polar surface area (TPSA) is 103 Å². The quantitative estimate of drug-likeness (QED) is 0.700. The van der Waals surface area contributed by atoms with Crippen LogP contribution in [-0.4, -0.2) is 70.7 Å². The molecule has 5 amide bonds. The van der Waals surface area contributed by atoms with Crippen LogP contribution in [0.25, 0.3) is 0 Å². The highest BCUT2D eigenvalue weighted by Crippen LogP contribution is 2.32. The highest BCUT2D eigenvalue weighted by molar-refractivity contribution is 6.10. The van der Waals surface area contributed by atoms with Crippen LogP contribution < -0.4 is 5.32 Å². The van der Waals surface area contributed by atoms with Crippen molar-refractivity contribution in [3.8, 4) is 0 Å². The zero-order valence-corrected chi connectivity index (χ0v) is 18.0. The Kier molecular flexibility index (Phi) is 5.64. The third kappa shape index (κ3) is 3.83. The lowest BCUT2D eigenvalue weighted by molar-refractivity contribution is -0.143. The van der Waals surface area contributed by atoms with Crippen molar-refractivity contribution in [3.05, 3.63) is 59.6 Å². The largest absolute Gasteiger partial charge is 0.459 e. The fourth-order valence-electron chi connectivity index (χ4n) is 4.14. The van der Waals surface area contributed by atoms with Crippen molar-refractivity contribution < 1.29 is 32.4 Å². The van der Waals surface area contributed by atoms with Gasteiger partial charge in [-0.2, -0.15) is 0 Å². The molecule has 3 heterocycles. The van der Waals surface area contributed by atoms with E-state index in [4.69, 9.17) is 4.42 Å². The maximum absolute atomic E-state index is 14.3. The number of nitrogens with zero attached hydrogens (tertiary/aromatic N) is 3. The maximum Gasteiger partial charge on any atom is 0.326 e. The summed E-state index contributed by atoms with van der Waals surface area (Å²) in [6, 6.07) is 3.73. The molecule has 33 heavy (non-hydrogen) atoms. The summed E-state index contributed by atoms with van der Waals surface area (Å²) in [7, 11) is 0. The molecule has 1 aromatic carbocycles. The number of nitrogens with one attached hydrogen (secondary N) is 1. The fraction of sp³-hybridized carbons (Fsp3) is 0.364. The zero-order chi connectivity index (χ0) is 23.9. The summed E-state index contributed by atoms with van der Waals surface area (Å²) < 4.78 is 33.2. The number of furan rings is 1. The minimum Gasteiger partial charge on any atom is -0.459 e. The number of piperazine rings is 1. The van der Waals surface area contributed by atoms with Crippen LogP contribution in [0, 0.1) is 11.6 Å². The molecule has 2 aliphatic heterocycles. The van der Waals surface area contributed by atoms with Gasteiger partial charge in [-0.15, -0.1) is 0 Å². The zero-order valence-electron chi connectivity index (χ0n) is 18.0. The van der Waals surface area contributed by atoms with Gasteiger partial charge in [0, 0.05) is 31.7 Å². The minimum atomic E-state index is -1.86. The number of carbonyl (C=O) groups is 4. The fourth-order valence-corrected chi connectivity index (χ4v) is 4.14. The van der Waals surface area contributed by atoms with Crippen LogP contribution in [-0.2, 0) is 15.1 Å². The Morgan fingerprint density at radius 2 is 1.76 bits per heavy atom. The van der Waals surface area contributed by atoms with Gasteiger partial charge < -0.3 is 19.5 Å². The molecule has 2 fully saturated rings. The number of imide groups is 1. The molecule has 2 aliphatic rings. The van der Waals surface area contributed by atoms with E-state index in [1.807, 2.05) is 0 Å². The second-order valence-corrected chi connectivity index (χ2v) is 8.13. The van der Waals surface area contributed by atoms with Gasteiger partial charge in [0.25, 0.3) is 11.8 Å². The number of benzene rings is 1. The third-order valence-corrected chi connectivity index (χ3v) is 6.04. The van der Waals surface area contributed by atoms with Gasteiger partial charge in [-0.05, 0) is 44.2 Å². The van der Waals surface area contributed by atoms with Crippen LogP contribution in [0.5, 0.6) is 0 Å². The monoisotopic (exact) mass is 460 g/mol. The summed E-state index contributed by atoms with van der Waals surface area (Å²) in [5, 5.41) is 2.39. The summed E-state index contributed by atoms with van der Waals surface area (Å²) in [4.78, 5) is 54.9. The first-order valence-electron chi connectivity index (χ1n) is 10.4. The van der Waals surface area contributed by atoms with Crippen LogP contribution in [0.4, 0.5) is 13.6 Å². The second-order valence-electron chi connectivity index (χ2n) is 8.13. The average Bonchev–Trinajstić information content (AvgIpc) is 3.41. The van der Waals surface area contributed by atoms with Gasteiger partial charge >= 0.3 is 6.03 Å². The SMILES string of the molecule is C[C@@H](C(=O)N1CCN(C(=O)c2ccco2)CC1)N1C(=O)N[C@@](C)(c2cc(F)ccc2F)C1=O. The predicted molar refractivity (Wildman–Crippen MR) is 110 cm³/mol. The van der Waals surface area contributed by atoms with E-state index < -0.39 is 41.1 Å². The molecule has 174 valence electrons. The van der Waals surface area contributed by atoms with Gasteiger partial charge in [-0.25, -0.2) is 18.5 Å². The van der Waals surface area contributed by atoms with Gasteiger partial charge in [-0.3, -0.25) is 14.4 Å². The van der Waals surface area contributed by atoms with Gasteiger partial charge in [0.1, 0.15) is 23.2 Å². The van der Waals surface area contributed by atoms with E-state index >= 15 is 0 Å². The van der Waals surface area contributed by atoms with Crippen molar-refractivity contribution in [2.75, 3.05) is 26.2 Å². The Morgan fingerprint density at radius 3 is 2.39 bits per heavy atom. The van der Waals surface area contributed by atoms with Crippen molar-refractivity contribution in [1.29, 1.82) is 0 Å². The van der Waals surface area contributed by atoms with E-state index in [0.717, 1.165) is 23.1 Å². The number of halogens is 2. The Morgan fingerprint density at radius 1 is 1.09 bits per heavy atom. The van der Waals surface area contributed by atoms with Gasteiger partial charge in [0.05, 0.1) is 6.26 Å². The summed E-state index contributed by atoms with van der Waals surface area (Å²) in [5.41, 5.74) is -2.18. The summed E-state index contributed by atoms with van der Waals surface area (Å²) in [5.74, 6) is -3.06. The standard InChI is InChI=1S/C22H22F2N4O5/c1-13(18(29)26-7-9-27(10-8-26)19(30)17-4-3-11-33-17)28-20(31)22(2,25-21(28)32)15-12-14(23)5-6-16(15)24/h3-6,11-13H,7-10H2,1-2H3,(H,25,32)/t13-,22-/m0/s1. The smallest absolute Gasteiger partial charge is 0.326 e. The van der Waals surface area contributed by atoms with Gasteiger partial charge in [0.15, 0.2) is 5.76 Å². The van der Waals surface area contributed by atoms with E-state index in [1.165, 1.54) is 25.0 Å². The maximum atomic E-state index is 14.3. The lowest BCUT2D eigenvalue weighted by Gasteiger charge is -2.36. The predicted octanol–water partition coefficient (Wildman–Crippen LogP) is 1.70. The Labute approximate surface area is 187 Å². The highest BCUT2D eigenvalue weighted by Gasteiger charge is 2.53. The molecule has 0 unspecified atom stereocenters. The normalized spacial score (nSPS) is 21.9. The first kappa shape index (κ1) is 22.4. The molecule has 0 radical (unpaired) electrons. The Hall–Kier alpha value is -3.76. The van der Waals surface area contributed by atoms with E-state index in [2.05, 4.69) is 5.32 Å². The molecule has 2 atom stereocenters. The van der Waals surface area contributed by atoms with Crippen LogP contribution in [0.2, 0.25) is 0 Å². The first-order valence-corrected chi connectivity index (χ1v) is 10.4. The third-order valence-electron chi connectivity index (χ3n) is 6.04. The molecule has 2 saturated heterocycles. The molecule has 1 N–H and O–H groups in total. The molecular formula is C22H22F2N4O5. The lowest BCUT2D eigenvalue weighted by atomic mass is 9.91. The molecule has 11 heteroatoms. The molecule has 2 aromatic rings. The molecule has 4 rings (SSSR count). The molecule has 0 saturated carbocycles. The van der Waals surface area contributed by atoms with Gasteiger partial charge in [-0.1, -0.05) is 0 Å². The Balaban J connectivity index is 1.46. The van der Waals surface area contributed by atoms with E-state index in [1.54, 1.807) is 17.0 Å². The van der Waals surface area contributed by atoms with Crippen LogP contribution in [0.15, 0.2) is 41.0 Å². The van der Waals surface area contributed by atoms with E-state index in [9.17, 15) is 28.0 Å². The van der Waals surface area contributed by atoms with Crippen molar-refractivity contribution >= 4 is 23.8 Å². The van der Waals surface area contributed by atoms with Crippen molar-refractivity contribution in [3.63, 3.8) is 0 Å². The average molecular weight is 460 g/mol. The van der Waals surface area contributed by atoms with Crippen LogP contribution >= 0.6 is 0 Å². The number of carbonyl (C=O) groups excluding carboxylic acids is 4. The highest BCUT2D eigenvalue weighted by atomic mass is 19.1. The molecule has 0 aliphatic carbocycles. The van der Waals surface area contributed by atoms with Crippen LogP contribution in [0.3, 0.4) is 0 Å². The summed E-state index contributed by atoms with van der Waals surface area (Å²) in [6.45, 7) is 3.58. The number of hydrogen-bond donors (Lipinski definition) is 1. The van der Waals surface area contributed by atoms with Crippen LogP contribution in [0.1, 0.15) is 30.0 Å². The number of amides is 5. The first-order chi connectivity index (χ1) is 15.6. The summed E-state index contributed by atoms with van der Waals surface area (Å²) in [6.07, 6.45) is 1.40. The van der Waals surface area contributed by atoms with Crippen molar-refractivity contribution in [2.24, 2.45) is 0 Å².